The van der Waals surface area contributed by atoms with E-state index >= 15 is 24.0 Å². The quantitative estimate of drug-likeness (QED) is 0.0191. The van der Waals surface area contributed by atoms with Gasteiger partial charge >= 0.3 is 17.9 Å². The Morgan fingerprint density at radius 3 is 1.83 bits per heavy atom. The van der Waals surface area contributed by atoms with Gasteiger partial charge in [-0.25, -0.2) is 9.59 Å². The molecule has 14 N–H and O–H groups in total. The molecule has 3 heterocycles. The standard InChI is InChI=1S/C82H131N13O23/c1-16-18-19-20-21-24-52(96)42-66(101)86-54(31-34-63(83)98)73(105)87-55(32-35-64(84)99)74(106)88-56(33-36-65(85)100)81(113)117-50(12)77(109)94-37-22-25-58(94)79(111)92(13)60(40-45(5)6)75(107)91-69-49(11)116-82(114)61(41-51-27-29-53(115-15)30-28-51)93(14)80(112)59-26-23-38-95(59)78(110)57(39-44(3)4)89-72(104)48(10)70(103)71(46(7)8)118-67(102)43-62(97)68(47(9)17-2)90-76(69)108/h27-30,44-50,52,54-62,68-69,71,96-97H,16-26,31-43H2,1-15H3,(H2,83,98)(H2,84,99)(H2,85,100)(H,86,101)(H,87,105)(H,88,106)(H,89,104)(H,90,108)(H,91,107)/t47-,48-,49+,50-,52+,54-,55-,56-,57-,58-,59-,60+,61-,62-,68-,69+,71-/m0/s1. The number of hydrogen-bond acceptors (Lipinski definition) is 23. The first-order valence-electron chi connectivity index (χ1n) is 41.4. The number of unbranched alkanes of at least 4 members (excludes halogenated alkanes) is 4. The molecular weight excluding hydrogens is 1530 g/mol. The predicted molar refractivity (Wildman–Crippen MR) is 429 cm³/mol. The van der Waals surface area contributed by atoms with Crippen LogP contribution in [0, 0.1) is 29.6 Å². The van der Waals surface area contributed by atoms with Crippen molar-refractivity contribution < 1.29 is 111 Å². The largest absolute Gasteiger partial charge is 0.497 e. The number of cyclic esters (lactones) is 2. The first-order valence-corrected chi connectivity index (χ1v) is 41.4. The highest BCUT2D eigenvalue weighted by molar-refractivity contribution is 6.05. The van der Waals surface area contributed by atoms with Gasteiger partial charge in [0.1, 0.15) is 66.2 Å². The molecule has 0 aromatic heterocycles. The number of likely N-dealkylation sites (N-methyl/N-ethyl adjacent to an activating group) is 2. The lowest BCUT2D eigenvalue weighted by Gasteiger charge is -2.36. The van der Waals surface area contributed by atoms with E-state index < -0.39 is 260 Å². The zero-order valence-electron chi connectivity index (χ0n) is 71.3. The van der Waals surface area contributed by atoms with Crippen LogP contribution < -0.4 is 53.8 Å². The molecule has 0 unspecified atom stereocenters. The van der Waals surface area contributed by atoms with E-state index in [0.717, 1.165) is 40.4 Å². The Bertz CT molecular complexity index is 3640. The van der Waals surface area contributed by atoms with Crippen molar-refractivity contribution in [1.82, 2.24) is 51.5 Å². The van der Waals surface area contributed by atoms with Gasteiger partial charge in [-0.2, -0.15) is 0 Å². The molecule has 3 aliphatic heterocycles. The van der Waals surface area contributed by atoms with Crippen molar-refractivity contribution in [2.45, 2.75) is 315 Å². The second-order valence-electron chi connectivity index (χ2n) is 32.7. The van der Waals surface area contributed by atoms with Crippen molar-refractivity contribution in [3.8, 4) is 5.75 Å². The number of ether oxygens (including phenoxy) is 4. The van der Waals surface area contributed by atoms with Crippen molar-refractivity contribution in [2.24, 2.45) is 46.8 Å². The molecule has 13 amide bonds. The van der Waals surface area contributed by atoms with E-state index in [0.29, 0.717) is 30.6 Å². The zero-order chi connectivity index (χ0) is 88.7. The molecule has 1 aromatic carbocycles. The monoisotopic (exact) mass is 1670 g/mol. The van der Waals surface area contributed by atoms with Gasteiger partial charge in [0.15, 0.2) is 18.0 Å². The molecule has 0 aliphatic carbocycles. The van der Waals surface area contributed by atoms with Crippen LogP contribution in [0.15, 0.2) is 24.3 Å². The number of nitrogens with two attached hydrogens (primary N) is 3. The van der Waals surface area contributed by atoms with E-state index in [1.54, 1.807) is 65.8 Å². The lowest BCUT2D eigenvalue weighted by Crippen LogP contribution is -2.62. The summed E-state index contributed by atoms with van der Waals surface area (Å²) < 4.78 is 23.0. The van der Waals surface area contributed by atoms with E-state index in [2.05, 4.69) is 31.9 Å². The molecule has 3 fully saturated rings. The van der Waals surface area contributed by atoms with E-state index in [1.165, 1.54) is 46.9 Å². The summed E-state index contributed by atoms with van der Waals surface area (Å²) in [5.74, 6) is -19.0. The molecule has 36 heteroatoms. The number of aliphatic hydroxyl groups is 2. The minimum atomic E-state index is -1.93. The molecule has 1 aromatic rings. The van der Waals surface area contributed by atoms with Gasteiger partial charge < -0.3 is 97.9 Å². The Hall–Kier alpha value is -9.87. The summed E-state index contributed by atoms with van der Waals surface area (Å²) in [6.45, 7) is 19.4. The van der Waals surface area contributed by atoms with Crippen LogP contribution in [0.2, 0.25) is 0 Å². The van der Waals surface area contributed by atoms with Crippen molar-refractivity contribution in [1.29, 1.82) is 0 Å². The molecule has 662 valence electrons. The number of likely N-dealkylation sites (tertiary alicyclic amines) is 1. The van der Waals surface area contributed by atoms with Gasteiger partial charge in [0.2, 0.25) is 70.9 Å². The lowest BCUT2D eigenvalue weighted by atomic mass is 9.91. The van der Waals surface area contributed by atoms with Gasteiger partial charge in [-0.3, -0.25) is 71.9 Å². The second kappa shape index (κ2) is 48.9. The van der Waals surface area contributed by atoms with Crippen LogP contribution >= 0.6 is 0 Å². The number of ketones is 1. The van der Waals surface area contributed by atoms with Crippen LogP contribution in [-0.4, -0.2) is 256 Å². The number of hydrogen-bond donors (Lipinski definition) is 11. The molecular formula is C82H131N13O23. The summed E-state index contributed by atoms with van der Waals surface area (Å²) in [6, 6.07) is -8.51. The Kier molecular flexibility index (Phi) is 41.6. The first kappa shape index (κ1) is 100. The zero-order valence-corrected chi connectivity index (χ0v) is 71.3. The Balaban J connectivity index is 1.75. The number of rotatable bonds is 39. The first-order chi connectivity index (χ1) is 55.5. The molecule has 0 saturated carbocycles. The van der Waals surface area contributed by atoms with Crippen LogP contribution in [0.25, 0.3) is 0 Å². The lowest BCUT2D eigenvalue weighted by molar-refractivity contribution is -0.163. The average molecular weight is 1670 g/mol. The highest BCUT2D eigenvalue weighted by Gasteiger charge is 2.47. The maximum atomic E-state index is 15.4. The van der Waals surface area contributed by atoms with Crippen LogP contribution in [0.3, 0.4) is 0 Å². The number of methoxy groups -OCH3 is 1. The van der Waals surface area contributed by atoms with Crippen molar-refractivity contribution >= 4 is 100 Å². The number of carbonyl (C=O) groups is 17. The average Bonchev–Trinajstić information content (AvgIpc) is 1.61. The topological polar surface area (TPSA) is 531 Å². The van der Waals surface area contributed by atoms with E-state index in [-0.39, 0.29) is 70.4 Å². The van der Waals surface area contributed by atoms with Crippen molar-refractivity contribution in [3.05, 3.63) is 29.8 Å². The number of nitrogens with one attached hydrogen (secondary N) is 6. The normalized spacial score (nSPS) is 23.2. The maximum Gasteiger partial charge on any atom is 0.329 e. The smallest absolute Gasteiger partial charge is 0.329 e. The highest BCUT2D eigenvalue weighted by Crippen LogP contribution is 2.29. The SMILES string of the molecule is CCCCCCC[C@@H](O)CC(=O)N[C@@H](CCC(N)=O)C(=O)N[C@@H](CCC(N)=O)C(=O)N[C@@H](CCC(N)=O)C(=O)O[C@@H](C)C(=O)N1CCC[C@H]1C(=O)N(C)[C@H](CC(C)C)C(=O)N[C@H]1C(=O)N[C@@H]([C@@H](C)CC)[C@@H](O)CC(=O)O[C@@H](C(C)C)C(=O)[C@H](C)C(=O)N[C@@H](CC(C)C)C(=O)N2CCC[C@H]2C(=O)N(C)[C@@H](Cc2ccc(OC)cc2)C(=O)O[C@@H]1C. The second-order valence-corrected chi connectivity index (χ2v) is 32.7. The summed E-state index contributed by atoms with van der Waals surface area (Å²) >= 11 is 0. The summed E-state index contributed by atoms with van der Waals surface area (Å²) in [7, 11) is 4.09. The van der Waals surface area contributed by atoms with E-state index in [9.17, 15) is 67.7 Å². The minimum Gasteiger partial charge on any atom is -0.497 e. The van der Waals surface area contributed by atoms with Crippen LogP contribution in [0.5, 0.6) is 5.75 Å². The molecule has 3 saturated heterocycles. The summed E-state index contributed by atoms with van der Waals surface area (Å²) in [5, 5.41) is 38.1. The van der Waals surface area contributed by atoms with Crippen molar-refractivity contribution in [2.75, 3.05) is 34.3 Å². The molecule has 118 heavy (non-hydrogen) atoms. The van der Waals surface area contributed by atoms with Gasteiger partial charge in [0.25, 0.3) is 5.91 Å². The molecule has 3 aliphatic rings. The number of carbonyl (C=O) groups excluding carboxylic acids is 17. The van der Waals surface area contributed by atoms with Gasteiger partial charge in [0, 0.05) is 52.9 Å². The number of benzene rings is 1. The van der Waals surface area contributed by atoms with Gasteiger partial charge in [0.05, 0.1) is 44.1 Å². The fraction of sp³-hybridized carbons (Fsp3) is 0.720. The maximum absolute atomic E-state index is 15.4. The third-order valence-electron chi connectivity index (χ3n) is 21.8. The molecule has 17 atom stereocenters. The summed E-state index contributed by atoms with van der Waals surface area (Å²) in [6.07, 6.45) is -6.53. The van der Waals surface area contributed by atoms with Gasteiger partial charge in [-0.05, 0) is 126 Å². The molecule has 0 radical (unpaired) electrons. The predicted octanol–water partition coefficient (Wildman–Crippen LogP) is 1.23. The van der Waals surface area contributed by atoms with Crippen LogP contribution in [-0.2, 0) is 102 Å². The number of nitrogens with zero attached hydrogens (tertiary/aromatic N) is 4. The van der Waals surface area contributed by atoms with Crippen LogP contribution in [0.4, 0.5) is 0 Å². The number of amides is 13. The van der Waals surface area contributed by atoms with Gasteiger partial charge in [-0.1, -0.05) is 113 Å². The third-order valence-corrected chi connectivity index (χ3v) is 21.8. The highest BCUT2D eigenvalue weighted by atomic mass is 16.6. The minimum absolute atomic E-state index is 0.00717. The van der Waals surface area contributed by atoms with Crippen LogP contribution in [0.1, 0.15) is 223 Å². The number of esters is 3. The van der Waals surface area contributed by atoms with Gasteiger partial charge in [-0.15, -0.1) is 0 Å². The third kappa shape index (κ3) is 31.1. The van der Waals surface area contributed by atoms with E-state index in [1.807, 2.05) is 20.8 Å². The molecule has 0 spiro atoms. The number of aliphatic hydroxyl groups excluding tert-OH is 2. The number of Topliss-reactive ketones (excluding diaryl/α,β-unsaturated/α-hetero) is 1. The van der Waals surface area contributed by atoms with Crippen molar-refractivity contribution in [3.63, 3.8) is 0 Å². The molecule has 4 rings (SSSR count). The Morgan fingerprint density at radius 1 is 0.695 bits per heavy atom. The number of primary amides is 3. The fourth-order valence-corrected chi connectivity index (χ4v) is 14.6. The number of fused-ring (bicyclic) bond motifs is 1. The summed E-state index contributed by atoms with van der Waals surface area (Å²) in [4.78, 5) is 245. The van der Waals surface area contributed by atoms with E-state index in [4.69, 9.17) is 36.1 Å². The fourth-order valence-electron chi connectivity index (χ4n) is 14.6. The molecule has 0 bridgehead atoms. The molecule has 36 nitrogen and oxygen atoms in total. The Morgan fingerprint density at radius 2 is 1.27 bits per heavy atom. The summed E-state index contributed by atoms with van der Waals surface area (Å²) in [5.41, 5.74) is 16.8. The Labute approximate surface area is 691 Å².